The van der Waals surface area contributed by atoms with Crippen molar-refractivity contribution in [3.05, 3.63) is 53.4 Å². The van der Waals surface area contributed by atoms with Crippen molar-refractivity contribution in [3.8, 4) is 11.5 Å². The van der Waals surface area contributed by atoms with Crippen LogP contribution >= 0.6 is 0 Å². The molecule has 0 bridgehead atoms. The summed E-state index contributed by atoms with van der Waals surface area (Å²) < 4.78 is 10.5. The van der Waals surface area contributed by atoms with Crippen LogP contribution in [0.3, 0.4) is 0 Å². The van der Waals surface area contributed by atoms with Crippen molar-refractivity contribution in [3.63, 3.8) is 0 Å². The molecule has 7 heteroatoms. The molecule has 0 spiro atoms. The number of hydrogen-bond donors (Lipinski definition) is 1. The topological polar surface area (TPSA) is 94.1 Å². The first-order chi connectivity index (χ1) is 10.6. The second kappa shape index (κ2) is 5.80. The van der Waals surface area contributed by atoms with E-state index in [1.54, 1.807) is 31.5 Å². The Labute approximate surface area is 126 Å². The van der Waals surface area contributed by atoms with E-state index in [1.807, 2.05) is 6.92 Å². The van der Waals surface area contributed by atoms with Crippen LogP contribution in [0.1, 0.15) is 27.4 Å². The molecule has 0 saturated carbocycles. The molecular formula is C15H14N4O3. The zero-order chi connectivity index (χ0) is 15.5. The molecule has 0 aliphatic heterocycles. The standard InChI is InChI=1S/C15H14N4O3/c1-9-6-17-11(7-16-9)8-18-15(20)13-10(2)19-22-14(13)12-4-3-5-21-12/h3-7H,8H2,1-2H3,(H,18,20). The summed E-state index contributed by atoms with van der Waals surface area (Å²) in [6, 6.07) is 3.43. The smallest absolute Gasteiger partial charge is 0.257 e. The van der Waals surface area contributed by atoms with Crippen molar-refractivity contribution in [2.45, 2.75) is 20.4 Å². The van der Waals surface area contributed by atoms with Gasteiger partial charge in [0.2, 0.25) is 5.76 Å². The van der Waals surface area contributed by atoms with E-state index in [0.717, 1.165) is 5.69 Å². The van der Waals surface area contributed by atoms with Crippen molar-refractivity contribution in [2.75, 3.05) is 0 Å². The van der Waals surface area contributed by atoms with Gasteiger partial charge in [-0.25, -0.2) is 0 Å². The van der Waals surface area contributed by atoms with E-state index < -0.39 is 0 Å². The molecule has 3 aromatic rings. The lowest BCUT2D eigenvalue weighted by molar-refractivity contribution is 0.0950. The summed E-state index contributed by atoms with van der Waals surface area (Å²) in [5.74, 6) is 0.475. The molecule has 3 rings (SSSR count). The lowest BCUT2D eigenvalue weighted by atomic mass is 10.1. The highest BCUT2D eigenvalue weighted by atomic mass is 16.5. The molecule has 0 saturated heterocycles. The van der Waals surface area contributed by atoms with E-state index in [0.29, 0.717) is 28.5 Å². The second-order valence-electron chi connectivity index (χ2n) is 4.78. The average molecular weight is 298 g/mol. The molecule has 3 heterocycles. The maximum Gasteiger partial charge on any atom is 0.257 e. The Morgan fingerprint density at radius 2 is 2.14 bits per heavy atom. The highest BCUT2D eigenvalue weighted by molar-refractivity contribution is 5.99. The first kappa shape index (κ1) is 14.0. The summed E-state index contributed by atoms with van der Waals surface area (Å²) in [6.45, 7) is 3.83. The summed E-state index contributed by atoms with van der Waals surface area (Å²) in [4.78, 5) is 20.7. The summed E-state index contributed by atoms with van der Waals surface area (Å²) in [6.07, 6.45) is 4.79. The third-order valence-electron chi connectivity index (χ3n) is 3.10. The van der Waals surface area contributed by atoms with Gasteiger partial charge in [-0.2, -0.15) is 0 Å². The molecular weight excluding hydrogens is 284 g/mol. The first-order valence-electron chi connectivity index (χ1n) is 6.71. The molecule has 0 unspecified atom stereocenters. The Kier molecular flexibility index (Phi) is 3.69. The van der Waals surface area contributed by atoms with Crippen LogP contribution in [0.15, 0.2) is 39.7 Å². The summed E-state index contributed by atoms with van der Waals surface area (Å²) in [7, 11) is 0. The maximum absolute atomic E-state index is 12.4. The molecule has 0 atom stereocenters. The van der Waals surface area contributed by atoms with E-state index in [-0.39, 0.29) is 12.5 Å². The minimum absolute atomic E-state index is 0.272. The van der Waals surface area contributed by atoms with Crippen LogP contribution in [-0.2, 0) is 6.54 Å². The minimum Gasteiger partial charge on any atom is -0.461 e. The molecule has 7 nitrogen and oxygen atoms in total. The molecule has 0 aliphatic carbocycles. The van der Waals surface area contributed by atoms with Crippen LogP contribution < -0.4 is 5.32 Å². The van der Waals surface area contributed by atoms with Gasteiger partial charge in [-0.05, 0) is 26.0 Å². The van der Waals surface area contributed by atoms with Crippen LogP contribution in [0.4, 0.5) is 0 Å². The summed E-state index contributed by atoms with van der Waals surface area (Å²) >= 11 is 0. The van der Waals surface area contributed by atoms with Gasteiger partial charge in [-0.3, -0.25) is 14.8 Å². The van der Waals surface area contributed by atoms with Gasteiger partial charge in [0.05, 0.1) is 36.1 Å². The maximum atomic E-state index is 12.4. The highest BCUT2D eigenvalue weighted by Crippen LogP contribution is 2.26. The van der Waals surface area contributed by atoms with Crippen LogP contribution in [0.5, 0.6) is 0 Å². The molecule has 0 aliphatic rings. The van der Waals surface area contributed by atoms with Gasteiger partial charge in [0.15, 0.2) is 5.76 Å². The molecule has 1 amide bonds. The summed E-state index contributed by atoms with van der Waals surface area (Å²) in [5.41, 5.74) is 2.35. The fourth-order valence-corrected chi connectivity index (χ4v) is 1.98. The van der Waals surface area contributed by atoms with Crippen molar-refractivity contribution in [2.24, 2.45) is 0 Å². The fraction of sp³-hybridized carbons (Fsp3) is 0.200. The summed E-state index contributed by atoms with van der Waals surface area (Å²) in [5, 5.41) is 6.62. The quantitative estimate of drug-likeness (QED) is 0.794. The van der Waals surface area contributed by atoms with E-state index in [9.17, 15) is 4.79 Å². The lowest BCUT2D eigenvalue weighted by Crippen LogP contribution is -2.24. The number of rotatable bonds is 4. The van der Waals surface area contributed by atoms with Crippen molar-refractivity contribution < 1.29 is 13.7 Å². The van der Waals surface area contributed by atoms with Gasteiger partial charge < -0.3 is 14.3 Å². The van der Waals surface area contributed by atoms with E-state index in [1.165, 1.54) is 6.26 Å². The SMILES string of the molecule is Cc1cnc(CNC(=O)c2c(C)noc2-c2ccco2)cn1. The molecule has 22 heavy (non-hydrogen) atoms. The highest BCUT2D eigenvalue weighted by Gasteiger charge is 2.23. The van der Waals surface area contributed by atoms with Crippen LogP contribution in [0.2, 0.25) is 0 Å². The minimum atomic E-state index is -0.299. The number of hydrogen-bond acceptors (Lipinski definition) is 6. The molecule has 0 fully saturated rings. The Morgan fingerprint density at radius 1 is 1.27 bits per heavy atom. The largest absolute Gasteiger partial charge is 0.461 e. The van der Waals surface area contributed by atoms with Crippen LogP contribution in [0, 0.1) is 13.8 Å². The van der Waals surface area contributed by atoms with Gasteiger partial charge >= 0.3 is 0 Å². The van der Waals surface area contributed by atoms with Gasteiger partial charge in [0.25, 0.3) is 5.91 Å². The van der Waals surface area contributed by atoms with Gasteiger partial charge in [-0.15, -0.1) is 0 Å². The van der Waals surface area contributed by atoms with E-state index >= 15 is 0 Å². The van der Waals surface area contributed by atoms with Gasteiger partial charge in [0.1, 0.15) is 5.56 Å². The number of carbonyl (C=O) groups is 1. The Bertz CT molecular complexity index is 776. The molecule has 1 N–H and O–H groups in total. The lowest BCUT2D eigenvalue weighted by Gasteiger charge is -2.04. The zero-order valence-corrected chi connectivity index (χ0v) is 12.2. The number of aromatic nitrogens is 3. The molecule has 112 valence electrons. The van der Waals surface area contributed by atoms with E-state index in [2.05, 4.69) is 20.4 Å². The predicted molar refractivity (Wildman–Crippen MR) is 76.9 cm³/mol. The third kappa shape index (κ3) is 2.73. The van der Waals surface area contributed by atoms with Gasteiger partial charge in [-0.1, -0.05) is 5.16 Å². The number of carbonyl (C=O) groups excluding carboxylic acids is 1. The number of nitrogens with one attached hydrogen (secondary N) is 1. The molecule has 0 radical (unpaired) electrons. The number of furan rings is 1. The Hall–Kier alpha value is -2.96. The predicted octanol–water partition coefficient (Wildman–Crippen LogP) is 2.27. The van der Waals surface area contributed by atoms with Crippen molar-refractivity contribution in [1.29, 1.82) is 0 Å². The Balaban J connectivity index is 1.78. The average Bonchev–Trinajstić information content (AvgIpc) is 3.15. The van der Waals surface area contributed by atoms with Crippen molar-refractivity contribution >= 4 is 5.91 Å². The molecule has 3 aromatic heterocycles. The monoisotopic (exact) mass is 298 g/mol. The zero-order valence-electron chi connectivity index (χ0n) is 12.2. The van der Waals surface area contributed by atoms with Gasteiger partial charge in [0, 0.05) is 6.20 Å². The van der Waals surface area contributed by atoms with Crippen molar-refractivity contribution in [1.82, 2.24) is 20.4 Å². The van der Waals surface area contributed by atoms with E-state index in [4.69, 9.17) is 8.94 Å². The van der Waals surface area contributed by atoms with Crippen LogP contribution in [0.25, 0.3) is 11.5 Å². The second-order valence-corrected chi connectivity index (χ2v) is 4.78. The first-order valence-corrected chi connectivity index (χ1v) is 6.71. The van der Waals surface area contributed by atoms with Crippen LogP contribution in [-0.4, -0.2) is 21.0 Å². The number of nitrogens with zero attached hydrogens (tertiary/aromatic N) is 3. The fourth-order valence-electron chi connectivity index (χ4n) is 1.98. The molecule has 0 aromatic carbocycles. The number of aryl methyl sites for hydroxylation is 2. The Morgan fingerprint density at radius 3 is 2.82 bits per heavy atom. The number of amides is 1. The normalized spacial score (nSPS) is 10.6. The third-order valence-corrected chi connectivity index (χ3v) is 3.10.